The van der Waals surface area contributed by atoms with Gasteiger partial charge in [-0.3, -0.25) is 0 Å². The maximum Gasteiger partial charge on any atom is 0.0440 e. The van der Waals surface area contributed by atoms with Crippen LogP contribution in [0.5, 0.6) is 0 Å². The summed E-state index contributed by atoms with van der Waals surface area (Å²) in [5.74, 6) is 0. The van der Waals surface area contributed by atoms with E-state index in [2.05, 4.69) is 45.1 Å². The minimum absolute atomic E-state index is 0.596. The SMILES string of the molecule is Cc1cc(Cl)c(CCCCCNC(C)C)cc1C. The normalized spacial score (nSPS) is 11.2. The van der Waals surface area contributed by atoms with Crippen LogP contribution in [-0.2, 0) is 6.42 Å². The van der Waals surface area contributed by atoms with Gasteiger partial charge in [-0.2, -0.15) is 0 Å². The molecule has 0 aromatic heterocycles. The van der Waals surface area contributed by atoms with E-state index in [4.69, 9.17) is 11.6 Å². The number of aryl methyl sites for hydroxylation is 3. The van der Waals surface area contributed by atoms with Crippen LogP contribution in [0.15, 0.2) is 12.1 Å². The fourth-order valence-corrected chi connectivity index (χ4v) is 2.35. The first-order valence-electron chi connectivity index (χ1n) is 6.99. The lowest BCUT2D eigenvalue weighted by Gasteiger charge is -2.09. The Morgan fingerprint density at radius 1 is 1.06 bits per heavy atom. The predicted molar refractivity (Wildman–Crippen MR) is 81.6 cm³/mol. The molecule has 1 rings (SSSR count). The van der Waals surface area contributed by atoms with E-state index < -0.39 is 0 Å². The molecule has 0 spiro atoms. The third kappa shape index (κ3) is 5.41. The third-order valence-electron chi connectivity index (χ3n) is 3.34. The Bertz CT molecular complexity index is 372. The predicted octanol–water partition coefficient (Wildman–Crippen LogP) is 4.67. The molecule has 0 aliphatic carbocycles. The van der Waals surface area contributed by atoms with Crippen molar-refractivity contribution < 1.29 is 0 Å². The second kappa shape index (κ2) is 7.81. The van der Waals surface area contributed by atoms with E-state index in [9.17, 15) is 0 Å². The molecule has 0 heterocycles. The van der Waals surface area contributed by atoms with E-state index in [-0.39, 0.29) is 0 Å². The minimum Gasteiger partial charge on any atom is -0.315 e. The summed E-state index contributed by atoms with van der Waals surface area (Å²) in [4.78, 5) is 0. The molecule has 0 aliphatic heterocycles. The molecule has 0 fully saturated rings. The van der Waals surface area contributed by atoms with Crippen LogP contribution in [-0.4, -0.2) is 12.6 Å². The zero-order valence-electron chi connectivity index (χ0n) is 12.1. The van der Waals surface area contributed by atoms with Gasteiger partial charge in [0.2, 0.25) is 0 Å². The maximum absolute atomic E-state index is 6.27. The summed E-state index contributed by atoms with van der Waals surface area (Å²) < 4.78 is 0. The lowest BCUT2D eigenvalue weighted by atomic mass is 10.0. The lowest BCUT2D eigenvalue weighted by molar-refractivity contribution is 0.548. The van der Waals surface area contributed by atoms with Crippen molar-refractivity contribution in [2.45, 2.75) is 59.4 Å². The van der Waals surface area contributed by atoms with Gasteiger partial charge in [0, 0.05) is 11.1 Å². The van der Waals surface area contributed by atoms with Gasteiger partial charge in [-0.25, -0.2) is 0 Å². The zero-order chi connectivity index (χ0) is 13.5. The van der Waals surface area contributed by atoms with Gasteiger partial charge in [-0.1, -0.05) is 37.9 Å². The van der Waals surface area contributed by atoms with Gasteiger partial charge in [0.05, 0.1) is 0 Å². The summed E-state index contributed by atoms with van der Waals surface area (Å²) in [6.07, 6.45) is 4.84. The van der Waals surface area contributed by atoms with Crippen LogP contribution >= 0.6 is 11.6 Å². The van der Waals surface area contributed by atoms with Crippen molar-refractivity contribution in [3.8, 4) is 0 Å². The Morgan fingerprint density at radius 2 is 1.72 bits per heavy atom. The molecule has 1 N–H and O–H groups in total. The number of unbranched alkanes of at least 4 members (excludes halogenated alkanes) is 2. The number of hydrogen-bond acceptors (Lipinski definition) is 1. The van der Waals surface area contributed by atoms with Crippen LogP contribution in [0.25, 0.3) is 0 Å². The van der Waals surface area contributed by atoms with E-state index in [0.717, 1.165) is 18.0 Å². The first-order chi connectivity index (χ1) is 8.50. The van der Waals surface area contributed by atoms with E-state index in [1.807, 2.05) is 0 Å². The Kier molecular flexibility index (Phi) is 6.73. The number of nitrogens with one attached hydrogen (secondary N) is 1. The average molecular weight is 268 g/mol. The molecule has 0 bridgehead atoms. The van der Waals surface area contributed by atoms with Crippen molar-refractivity contribution in [3.05, 3.63) is 33.8 Å². The quantitative estimate of drug-likeness (QED) is 0.708. The molecule has 0 radical (unpaired) electrons. The summed E-state index contributed by atoms with van der Waals surface area (Å²) in [5, 5.41) is 4.38. The lowest BCUT2D eigenvalue weighted by Crippen LogP contribution is -2.23. The van der Waals surface area contributed by atoms with Crippen molar-refractivity contribution in [2.24, 2.45) is 0 Å². The largest absolute Gasteiger partial charge is 0.315 e. The third-order valence-corrected chi connectivity index (χ3v) is 3.69. The van der Waals surface area contributed by atoms with Crippen LogP contribution in [0, 0.1) is 13.8 Å². The molecule has 0 atom stereocenters. The molecule has 2 heteroatoms. The highest BCUT2D eigenvalue weighted by Gasteiger charge is 2.03. The van der Waals surface area contributed by atoms with Crippen molar-refractivity contribution in [3.63, 3.8) is 0 Å². The van der Waals surface area contributed by atoms with Crippen molar-refractivity contribution in [1.29, 1.82) is 0 Å². The second-order valence-corrected chi connectivity index (χ2v) is 5.85. The molecular formula is C16H26ClN. The molecule has 0 saturated carbocycles. The van der Waals surface area contributed by atoms with Gasteiger partial charge >= 0.3 is 0 Å². The van der Waals surface area contributed by atoms with Gasteiger partial charge in [-0.15, -0.1) is 0 Å². The topological polar surface area (TPSA) is 12.0 Å². The molecule has 1 aromatic carbocycles. The Balaban J connectivity index is 2.29. The summed E-state index contributed by atoms with van der Waals surface area (Å²) in [7, 11) is 0. The molecule has 0 amide bonds. The molecule has 102 valence electrons. The van der Waals surface area contributed by atoms with E-state index in [0.29, 0.717) is 6.04 Å². The van der Waals surface area contributed by atoms with Crippen molar-refractivity contribution in [1.82, 2.24) is 5.32 Å². The van der Waals surface area contributed by atoms with Gasteiger partial charge < -0.3 is 5.32 Å². The Morgan fingerprint density at radius 3 is 2.39 bits per heavy atom. The zero-order valence-corrected chi connectivity index (χ0v) is 12.9. The highest BCUT2D eigenvalue weighted by molar-refractivity contribution is 6.31. The Labute approximate surface area is 117 Å². The number of hydrogen-bond donors (Lipinski definition) is 1. The van der Waals surface area contributed by atoms with Crippen LogP contribution in [0.3, 0.4) is 0 Å². The molecule has 0 aliphatic rings. The smallest absolute Gasteiger partial charge is 0.0440 e. The standard InChI is InChI=1S/C16H26ClN/c1-12(2)18-9-7-5-6-8-15-10-13(3)14(4)11-16(15)17/h10-12,18H,5-9H2,1-4H3. The summed E-state index contributed by atoms with van der Waals surface area (Å²) >= 11 is 6.27. The maximum atomic E-state index is 6.27. The molecule has 18 heavy (non-hydrogen) atoms. The molecule has 1 aromatic rings. The van der Waals surface area contributed by atoms with Crippen molar-refractivity contribution >= 4 is 11.6 Å². The number of benzene rings is 1. The minimum atomic E-state index is 0.596. The second-order valence-electron chi connectivity index (χ2n) is 5.45. The average Bonchev–Trinajstić information content (AvgIpc) is 2.29. The van der Waals surface area contributed by atoms with Crippen LogP contribution in [0.2, 0.25) is 5.02 Å². The molecular weight excluding hydrogens is 242 g/mol. The molecule has 1 nitrogen and oxygen atoms in total. The summed E-state index contributed by atoms with van der Waals surface area (Å²) in [6.45, 7) is 9.77. The monoisotopic (exact) mass is 267 g/mol. The van der Waals surface area contributed by atoms with E-state index >= 15 is 0 Å². The van der Waals surface area contributed by atoms with E-state index in [1.165, 1.54) is 36.0 Å². The van der Waals surface area contributed by atoms with Gasteiger partial charge in [0.25, 0.3) is 0 Å². The van der Waals surface area contributed by atoms with Crippen LogP contribution < -0.4 is 5.32 Å². The van der Waals surface area contributed by atoms with Crippen molar-refractivity contribution in [2.75, 3.05) is 6.54 Å². The fraction of sp³-hybridized carbons (Fsp3) is 0.625. The first kappa shape index (κ1) is 15.5. The van der Waals surface area contributed by atoms with Crippen LogP contribution in [0.4, 0.5) is 0 Å². The highest BCUT2D eigenvalue weighted by Crippen LogP contribution is 2.22. The Hall–Kier alpha value is -0.530. The number of rotatable bonds is 7. The fourth-order valence-electron chi connectivity index (χ4n) is 2.04. The van der Waals surface area contributed by atoms with Gasteiger partial charge in [-0.05, 0) is 62.4 Å². The summed E-state index contributed by atoms with van der Waals surface area (Å²) in [6, 6.07) is 4.93. The summed E-state index contributed by atoms with van der Waals surface area (Å²) in [5.41, 5.74) is 3.93. The molecule has 0 unspecified atom stereocenters. The molecule has 0 saturated heterocycles. The number of halogens is 1. The highest BCUT2D eigenvalue weighted by atomic mass is 35.5. The van der Waals surface area contributed by atoms with Gasteiger partial charge in [0.15, 0.2) is 0 Å². The van der Waals surface area contributed by atoms with Gasteiger partial charge in [0.1, 0.15) is 0 Å². The first-order valence-corrected chi connectivity index (χ1v) is 7.37. The van der Waals surface area contributed by atoms with Crippen LogP contribution in [0.1, 0.15) is 49.8 Å². The van der Waals surface area contributed by atoms with E-state index in [1.54, 1.807) is 0 Å².